The molecule has 0 aliphatic heterocycles. The second-order valence-electron chi connectivity index (χ2n) is 1.89. The fourth-order valence-electron chi connectivity index (χ4n) is 0.718. The Kier molecular flexibility index (Phi) is 1.99. The molecule has 3 nitrogen and oxygen atoms in total. The Balaban J connectivity index is 2.98. The maximum Gasteiger partial charge on any atom is 0.110 e. The SMILES string of the molecule is CNc1cccc(N=O)c1. The van der Waals surface area contributed by atoms with Crippen LogP contribution in [0.5, 0.6) is 0 Å². The Morgan fingerprint density at radius 1 is 1.50 bits per heavy atom. The molecule has 0 aromatic heterocycles. The summed E-state index contributed by atoms with van der Waals surface area (Å²) in [5.74, 6) is 0. The summed E-state index contributed by atoms with van der Waals surface area (Å²) in [4.78, 5) is 10.00. The number of hydrogen-bond acceptors (Lipinski definition) is 3. The number of rotatable bonds is 2. The van der Waals surface area contributed by atoms with Gasteiger partial charge in [-0.15, -0.1) is 4.91 Å². The fourth-order valence-corrected chi connectivity index (χ4v) is 0.718. The molecule has 0 aliphatic carbocycles. The van der Waals surface area contributed by atoms with E-state index in [1.807, 2.05) is 6.07 Å². The van der Waals surface area contributed by atoms with E-state index in [2.05, 4.69) is 10.5 Å². The molecule has 3 heteroatoms. The number of anilines is 1. The summed E-state index contributed by atoms with van der Waals surface area (Å²) in [6.07, 6.45) is 0. The van der Waals surface area contributed by atoms with E-state index in [9.17, 15) is 4.91 Å². The summed E-state index contributed by atoms with van der Waals surface area (Å²) in [6, 6.07) is 7.00. The van der Waals surface area contributed by atoms with Crippen LogP contribution in [0.3, 0.4) is 0 Å². The lowest BCUT2D eigenvalue weighted by molar-refractivity contribution is 1.46. The van der Waals surface area contributed by atoms with Gasteiger partial charge in [0, 0.05) is 12.7 Å². The van der Waals surface area contributed by atoms with E-state index in [0.717, 1.165) is 5.69 Å². The molecular weight excluding hydrogens is 128 g/mol. The van der Waals surface area contributed by atoms with Crippen LogP contribution in [0.1, 0.15) is 0 Å². The zero-order chi connectivity index (χ0) is 7.40. The maximum absolute atomic E-state index is 10.00. The van der Waals surface area contributed by atoms with Gasteiger partial charge < -0.3 is 5.32 Å². The third kappa shape index (κ3) is 1.31. The van der Waals surface area contributed by atoms with Crippen molar-refractivity contribution in [3.8, 4) is 0 Å². The summed E-state index contributed by atoms with van der Waals surface area (Å²) in [6.45, 7) is 0. The lowest BCUT2D eigenvalue weighted by atomic mass is 10.3. The highest BCUT2D eigenvalue weighted by Gasteiger charge is 1.90. The Bertz CT molecular complexity index is 235. The van der Waals surface area contributed by atoms with Crippen molar-refractivity contribution in [2.45, 2.75) is 0 Å². The molecule has 0 heterocycles. The number of nitrogens with zero attached hydrogens (tertiary/aromatic N) is 1. The molecule has 1 rings (SSSR count). The number of nitrogens with one attached hydrogen (secondary N) is 1. The van der Waals surface area contributed by atoms with Crippen molar-refractivity contribution >= 4 is 11.4 Å². The summed E-state index contributed by atoms with van der Waals surface area (Å²) in [5.41, 5.74) is 1.35. The predicted octanol–water partition coefficient (Wildman–Crippen LogP) is 2.13. The molecule has 0 spiro atoms. The monoisotopic (exact) mass is 136 g/mol. The molecule has 0 fully saturated rings. The average Bonchev–Trinajstić information content (AvgIpc) is 2.05. The molecule has 1 aromatic carbocycles. The molecule has 0 radical (unpaired) electrons. The first-order chi connectivity index (χ1) is 4.86. The van der Waals surface area contributed by atoms with Crippen LogP contribution in [0.4, 0.5) is 11.4 Å². The van der Waals surface area contributed by atoms with Gasteiger partial charge in [0.15, 0.2) is 0 Å². The first kappa shape index (κ1) is 6.74. The van der Waals surface area contributed by atoms with Crippen LogP contribution in [0.2, 0.25) is 0 Å². The Morgan fingerprint density at radius 3 is 2.90 bits per heavy atom. The molecule has 0 atom stereocenters. The lowest BCUT2D eigenvalue weighted by Crippen LogP contribution is -1.85. The number of nitroso groups, excluding NO2 is 1. The number of hydrogen-bond donors (Lipinski definition) is 1. The Morgan fingerprint density at radius 2 is 2.30 bits per heavy atom. The highest BCUT2D eigenvalue weighted by Crippen LogP contribution is 2.16. The largest absolute Gasteiger partial charge is 0.388 e. The lowest BCUT2D eigenvalue weighted by Gasteiger charge is -1.96. The van der Waals surface area contributed by atoms with Crippen LogP contribution in [0, 0.1) is 4.91 Å². The van der Waals surface area contributed by atoms with Gasteiger partial charge in [-0.2, -0.15) is 0 Å². The van der Waals surface area contributed by atoms with Crippen LogP contribution in [0.15, 0.2) is 29.4 Å². The van der Waals surface area contributed by atoms with Crippen LogP contribution in [-0.2, 0) is 0 Å². The molecule has 52 valence electrons. The minimum atomic E-state index is 0.451. The molecule has 1 N–H and O–H groups in total. The van der Waals surface area contributed by atoms with Gasteiger partial charge in [0.05, 0.1) is 0 Å². The molecular formula is C7H8N2O. The molecule has 0 saturated heterocycles. The summed E-state index contributed by atoms with van der Waals surface area (Å²) >= 11 is 0. The van der Waals surface area contributed by atoms with Gasteiger partial charge in [-0.1, -0.05) is 6.07 Å². The molecule has 0 saturated carbocycles. The van der Waals surface area contributed by atoms with Crippen LogP contribution in [0.25, 0.3) is 0 Å². The fraction of sp³-hybridized carbons (Fsp3) is 0.143. The van der Waals surface area contributed by atoms with E-state index in [1.54, 1.807) is 25.2 Å². The van der Waals surface area contributed by atoms with Crippen molar-refractivity contribution in [3.05, 3.63) is 29.2 Å². The molecule has 0 aliphatic rings. The molecule has 10 heavy (non-hydrogen) atoms. The highest BCUT2D eigenvalue weighted by molar-refractivity contribution is 5.52. The van der Waals surface area contributed by atoms with Crippen molar-refractivity contribution in [1.82, 2.24) is 0 Å². The van der Waals surface area contributed by atoms with E-state index < -0.39 is 0 Å². The van der Waals surface area contributed by atoms with Gasteiger partial charge >= 0.3 is 0 Å². The third-order valence-corrected chi connectivity index (χ3v) is 1.24. The van der Waals surface area contributed by atoms with Crippen molar-refractivity contribution in [2.24, 2.45) is 5.18 Å². The maximum atomic E-state index is 10.00. The summed E-state index contributed by atoms with van der Waals surface area (Å²) < 4.78 is 0. The minimum absolute atomic E-state index is 0.451. The zero-order valence-corrected chi connectivity index (χ0v) is 5.66. The smallest absolute Gasteiger partial charge is 0.110 e. The third-order valence-electron chi connectivity index (χ3n) is 1.24. The second kappa shape index (κ2) is 2.96. The van der Waals surface area contributed by atoms with Crippen molar-refractivity contribution in [2.75, 3.05) is 12.4 Å². The Labute approximate surface area is 59.0 Å². The molecule has 1 aromatic rings. The average molecular weight is 136 g/mol. The Hall–Kier alpha value is -1.38. The van der Waals surface area contributed by atoms with Gasteiger partial charge in [-0.3, -0.25) is 0 Å². The second-order valence-corrected chi connectivity index (χ2v) is 1.89. The topological polar surface area (TPSA) is 41.5 Å². The highest BCUT2D eigenvalue weighted by atomic mass is 16.3. The van der Waals surface area contributed by atoms with E-state index in [0.29, 0.717) is 5.69 Å². The summed E-state index contributed by atoms with van der Waals surface area (Å²) in [7, 11) is 1.80. The molecule has 0 unspecified atom stereocenters. The minimum Gasteiger partial charge on any atom is -0.388 e. The normalized spacial score (nSPS) is 8.90. The van der Waals surface area contributed by atoms with E-state index in [4.69, 9.17) is 0 Å². The van der Waals surface area contributed by atoms with Crippen LogP contribution < -0.4 is 5.32 Å². The predicted molar refractivity (Wildman–Crippen MR) is 41.4 cm³/mol. The quantitative estimate of drug-likeness (QED) is 0.632. The van der Waals surface area contributed by atoms with Gasteiger partial charge in [0.2, 0.25) is 0 Å². The zero-order valence-electron chi connectivity index (χ0n) is 5.66. The van der Waals surface area contributed by atoms with Gasteiger partial charge in [-0.05, 0) is 23.4 Å². The van der Waals surface area contributed by atoms with E-state index in [-0.39, 0.29) is 0 Å². The van der Waals surface area contributed by atoms with Crippen LogP contribution >= 0.6 is 0 Å². The van der Waals surface area contributed by atoms with Gasteiger partial charge in [0.1, 0.15) is 5.69 Å². The van der Waals surface area contributed by atoms with Crippen molar-refractivity contribution < 1.29 is 0 Å². The molecule has 0 bridgehead atoms. The van der Waals surface area contributed by atoms with Gasteiger partial charge in [0.25, 0.3) is 0 Å². The summed E-state index contributed by atoms with van der Waals surface area (Å²) in [5, 5.41) is 5.69. The van der Waals surface area contributed by atoms with Crippen molar-refractivity contribution in [3.63, 3.8) is 0 Å². The van der Waals surface area contributed by atoms with E-state index in [1.165, 1.54) is 0 Å². The van der Waals surface area contributed by atoms with Crippen molar-refractivity contribution in [1.29, 1.82) is 0 Å². The van der Waals surface area contributed by atoms with E-state index >= 15 is 0 Å². The van der Waals surface area contributed by atoms with Crippen LogP contribution in [-0.4, -0.2) is 7.05 Å². The van der Waals surface area contributed by atoms with Gasteiger partial charge in [-0.25, -0.2) is 0 Å². The molecule has 0 amide bonds. The first-order valence-electron chi connectivity index (χ1n) is 2.98. The standard InChI is InChI=1S/C7H8N2O/c1-8-6-3-2-4-7(5-6)9-10/h2-5,8H,1H3. The first-order valence-corrected chi connectivity index (χ1v) is 2.98. The number of benzene rings is 1.